The molecule has 0 atom stereocenters. The maximum Gasteiger partial charge on any atom is 0.161 e. The number of carbonyl (C=O) groups is 1. The van der Waals surface area contributed by atoms with Gasteiger partial charge in [0.05, 0.1) is 0 Å². The maximum atomic E-state index is 13.7. The highest BCUT2D eigenvalue weighted by atomic mass is 19.2. The SMILES string of the molecule is CC(=O)c1ccc(Nc2nnc(-c3ccc(F)c(F)c3)c3ccccc23)cc1. The Morgan fingerprint density at radius 3 is 2.25 bits per heavy atom. The van der Waals surface area contributed by atoms with Crippen molar-refractivity contribution in [1.82, 2.24) is 10.2 Å². The lowest BCUT2D eigenvalue weighted by molar-refractivity contribution is 0.101. The molecule has 4 aromatic rings. The first kappa shape index (κ1) is 17.7. The first-order valence-electron chi connectivity index (χ1n) is 8.62. The molecule has 0 unspecified atom stereocenters. The molecule has 4 rings (SSSR count). The third-order valence-corrected chi connectivity index (χ3v) is 4.43. The van der Waals surface area contributed by atoms with E-state index in [0.29, 0.717) is 22.6 Å². The number of rotatable bonds is 4. The maximum absolute atomic E-state index is 13.7. The third-order valence-electron chi connectivity index (χ3n) is 4.43. The number of hydrogen-bond acceptors (Lipinski definition) is 4. The molecule has 0 amide bonds. The van der Waals surface area contributed by atoms with E-state index in [1.54, 1.807) is 24.3 Å². The standard InChI is InChI=1S/C22H15F2N3O/c1-13(28)14-6-9-16(10-7-14)25-22-18-5-3-2-4-17(18)21(26-27-22)15-8-11-19(23)20(24)12-15/h2-12H,1H3,(H,25,27). The second-order valence-electron chi connectivity index (χ2n) is 6.33. The van der Waals surface area contributed by atoms with Gasteiger partial charge >= 0.3 is 0 Å². The van der Waals surface area contributed by atoms with Crippen molar-refractivity contribution >= 4 is 28.1 Å². The van der Waals surface area contributed by atoms with Crippen LogP contribution in [-0.4, -0.2) is 16.0 Å². The molecule has 0 saturated carbocycles. The van der Waals surface area contributed by atoms with Gasteiger partial charge in [0, 0.05) is 27.6 Å². The first-order chi connectivity index (χ1) is 13.5. The molecule has 1 N–H and O–H groups in total. The van der Waals surface area contributed by atoms with Gasteiger partial charge < -0.3 is 5.32 Å². The van der Waals surface area contributed by atoms with Crippen molar-refractivity contribution in [3.05, 3.63) is 83.9 Å². The van der Waals surface area contributed by atoms with Gasteiger partial charge in [-0.3, -0.25) is 4.79 Å². The van der Waals surface area contributed by atoms with Gasteiger partial charge in [-0.25, -0.2) is 8.78 Å². The van der Waals surface area contributed by atoms with Crippen LogP contribution in [0.4, 0.5) is 20.3 Å². The Hall–Kier alpha value is -3.67. The van der Waals surface area contributed by atoms with Crippen LogP contribution in [0, 0.1) is 11.6 Å². The van der Waals surface area contributed by atoms with Crippen LogP contribution >= 0.6 is 0 Å². The van der Waals surface area contributed by atoms with Crippen molar-refractivity contribution in [1.29, 1.82) is 0 Å². The summed E-state index contributed by atoms with van der Waals surface area (Å²) in [6.07, 6.45) is 0. The second kappa shape index (κ2) is 7.15. The Morgan fingerprint density at radius 2 is 1.57 bits per heavy atom. The van der Waals surface area contributed by atoms with E-state index >= 15 is 0 Å². The average Bonchev–Trinajstić information content (AvgIpc) is 2.71. The van der Waals surface area contributed by atoms with E-state index in [2.05, 4.69) is 15.5 Å². The molecule has 138 valence electrons. The summed E-state index contributed by atoms with van der Waals surface area (Å²) in [5.74, 6) is -1.32. The number of hydrogen-bond donors (Lipinski definition) is 1. The fourth-order valence-corrected chi connectivity index (χ4v) is 2.98. The van der Waals surface area contributed by atoms with Gasteiger partial charge in [-0.1, -0.05) is 24.3 Å². The van der Waals surface area contributed by atoms with Crippen LogP contribution in [0.25, 0.3) is 22.0 Å². The Bertz CT molecular complexity index is 1190. The predicted molar refractivity (Wildman–Crippen MR) is 105 cm³/mol. The summed E-state index contributed by atoms with van der Waals surface area (Å²) >= 11 is 0. The van der Waals surface area contributed by atoms with Crippen LogP contribution in [-0.2, 0) is 0 Å². The summed E-state index contributed by atoms with van der Waals surface area (Å²) in [6.45, 7) is 1.51. The minimum atomic E-state index is -0.934. The minimum absolute atomic E-state index is 0.00678. The quantitative estimate of drug-likeness (QED) is 0.477. The van der Waals surface area contributed by atoms with E-state index in [1.165, 1.54) is 13.0 Å². The molecule has 6 heteroatoms. The second-order valence-corrected chi connectivity index (χ2v) is 6.33. The molecule has 0 bridgehead atoms. The molecular formula is C22H15F2N3O. The number of fused-ring (bicyclic) bond motifs is 1. The normalized spacial score (nSPS) is 10.8. The highest BCUT2D eigenvalue weighted by molar-refractivity contribution is 6.01. The van der Waals surface area contributed by atoms with Gasteiger partial charge in [0.1, 0.15) is 5.69 Å². The Labute approximate surface area is 159 Å². The summed E-state index contributed by atoms with van der Waals surface area (Å²) in [5, 5.41) is 13.2. The van der Waals surface area contributed by atoms with E-state index in [-0.39, 0.29) is 5.78 Å². The molecule has 28 heavy (non-hydrogen) atoms. The molecular weight excluding hydrogens is 360 g/mol. The largest absolute Gasteiger partial charge is 0.338 e. The summed E-state index contributed by atoms with van der Waals surface area (Å²) < 4.78 is 26.9. The van der Waals surface area contributed by atoms with Gasteiger partial charge in [0.25, 0.3) is 0 Å². The molecule has 0 saturated heterocycles. The summed E-state index contributed by atoms with van der Waals surface area (Å²) in [7, 11) is 0. The summed E-state index contributed by atoms with van der Waals surface area (Å²) in [5.41, 5.74) is 2.28. The van der Waals surface area contributed by atoms with Crippen molar-refractivity contribution in [3.8, 4) is 11.3 Å². The zero-order valence-electron chi connectivity index (χ0n) is 14.9. The third kappa shape index (κ3) is 3.32. The van der Waals surface area contributed by atoms with Gasteiger partial charge in [0.15, 0.2) is 23.2 Å². The monoisotopic (exact) mass is 375 g/mol. The van der Waals surface area contributed by atoms with Crippen LogP contribution < -0.4 is 5.32 Å². The van der Waals surface area contributed by atoms with E-state index < -0.39 is 11.6 Å². The number of halogens is 2. The number of ketones is 1. The zero-order valence-corrected chi connectivity index (χ0v) is 14.9. The number of nitrogens with one attached hydrogen (secondary N) is 1. The van der Waals surface area contributed by atoms with Crippen molar-refractivity contribution in [2.45, 2.75) is 6.92 Å². The number of benzene rings is 3. The molecule has 1 aromatic heterocycles. The Balaban J connectivity index is 1.77. The molecule has 0 aliphatic heterocycles. The molecule has 4 nitrogen and oxygen atoms in total. The first-order valence-corrected chi connectivity index (χ1v) is 8.62. The van der Waals surface area contributed by atoms with E-state index in [0.717, 1.165) is 28.6 Å². The number of Topliss-reactive ketones (excluding diaryl/α,β-unsaturated/α-hetero) is 1. The fraction of sp³-hybridized carbons (Fsp3) is 0.0455. The van der Waals surface area contributed by atoms with Crippen molar-refractivity contribution in [2.75, 3.05) is 5.32 Å². The minimum Gasteiger partial charge on any atom is -0.338 e. The zero-order chi connectivity index (χ0) is 19.7. The number of carbonyl (C=O) groups excluding carboxylic acids is 1. The molecule has 0 aliphatic rings. The number of aromatic nitrogens is 2. The van der Waals surface area contributed by atoms with Gasteiger partial charge in [0.2, 0.25) is 0 Å². The number of nitrogens with zero attached hydrogens (tertiary/aromatic N) is 2. The summed E-state index contributed by atoms with van der Waals surface area (Å²) in [4.78, 5) is 11.4. The fourth-order valence-electron chi connectivity index (χ4n) is 2.98. The van der Waals surface area contributed by atoms with E-state index in [1.807, 2.05) is 24.3 Å². The topological polar surface area (TPSA) is 54.9 Å². The molecule has 0 radical (unpaired) electrons. The Kier molecular flexibility index (Phi) is 4.53. The van der Waals surface area contributed by atoms with Gasteiger partial charge in [-0.15, -0.1) is 10.2 Å². The van der Waals surface area contributed by atoms with E-state index in [9.17, 15) is 13.6 Å². The number of anilines is 2. The molecule has 0 spiro atoms. The van der Waals surface area contributed by atoms with Gasteiger partial charge in [-0.2, -0.15) is 0 Å². The molecule has 0 fully saturated rings. The van der Waals surface area contributed by atoms with E-state index in [4.69, 9.17) is 0 Å². The predicted octanol–water partition coefficient (Wildman–Crippen LogP) is 5.52. The van der Waals surface area contributed by atoms with Crippen molar-refractivity contribution in [2.24, 2.45) is 0 Å². The van der Waals surface area contributed by atoms with Crippen LogP contribution in [0.15, 0.2) is 66.7 Å². The van der Waals surface area contributed by atoms with Crippen LogP contribution in [0.3, 0.4) is 0 Å². The van der Waals surface area contributed by atoms with Crippen molar-refractivity contribution < 1.29 is 13.6 Å². The molecule has 0 aliphatic carbocycles. The summed E-state index contributed by atoms with van der Waals surface area (Å²) in [6, 6.07) is 18.1. The lowest BCUT2D eigenvalue weighted by Gasteiger charge is -2.11. The van der Waals surface area contributed by atoms with Crippen LogP contribution in [0.1, 0.15) is 17.3 Å². The van der Waals surface area contributed by atoms with Crippen molar-refractivity contribution in [3.63, 3.8) is 0 Å². The average molecular weight is 375 g/mol. The smallest absolute Gasteiger partial charge is 0.161 e. The van der Waals surface area contributed by atoms with Crippen LogP contribution in [0.5, 0.6) is 0 Å². The lowest BCUT2D eigenvalue weighted by Crippen LogP contribution is -2.00. The lowest BCUT2D eigenvalue weighted by atomic mass is 10.0. The van der Waals surface area contributed by atoms with Crippen LogP contribution in [0.2, 0.25) is 0 Å². The highest BCUT2D eigenvalue weighted by Crippen LogP contribution is 2.31. The molecule has 3 aromatic carbocycles. The Morgan fingerprint density at radius 1 is 0.857 bits per heavy atom. The molecule has 1 heterocycles. The van der Waals surface area contributed by atoms with Gasteiger partial charge in [-0.05, 0) is 49.4 Å². The highest BCUT2D eigenvalue weighted by Gasteiger charge is 2.13.